The molecule has 0 fully saturated rings. The molecule has 0 aromatic heterocycles. The summed E-state index contributed by atoms with van der Waals surface area (Å²) in [5.41, 5.74) is 8.08. The number of nitrogens with zero attached hydrogens (tertiary/aromatic N) is 1. The molecule has 0 saturated heterocycles. The van der Waals surface area contributed by atoms with Crippen molar-refractivity contribution in [1.82, 2.24) is 0 Å². The Labute approximate surface area is 75.5 Å². The zero-order valence-corrected chi connectivity index (χ0v) is 7.06. The molecule has 2 N–H and O–H groups in total. The highest BCUT2D eigenvalue weighted by molar-refractivity contribution is 5.43. The van der Waals surface area contributed by atoms with Crippen LogP contribution < -0.4 is 5.73 Å². The molecule has 4 nitrogen and oxygen atoms in total. The first kappa shape index (κ1) is 8.19. The van der Waals surface area contributed by atoms with E-state index in [1.165, 1.54) is 6.07 Å². The smallest absolute Gasteiger partial charge is 0.269 e. The molecule has 0 aliphatic heterocycles. The van der Waals surface area contributed by atoms with Crippen LogP contribution in [0.2, 0.25) is 0 Å². The fourth-order valence-electron chi connectivity index (χ4n) is 1.75. The van der Waals surface area contributed by atoms with Crippen molar-refractivity contribution in [2.75, 3.05) is 0 Å². The van der Waals surface area contributed by atoms with Gasteiger partial charge < -0.3 is 5.73 Å². The van der Waals surface area contributed by atoms with Gasteiger partial charge in [-0.3, -0.25) is 10.1 Å². The van der Waals surface area contributed by atoms with E-state index in [1.54, 1.807) is 12.1 Å². The number of nitro groups is 1. The predicted molar refractivity (Wildman–Crippen MR) is 48.5 cm³/mol. The van der Waals surface area contributed by atoms with E-state index in [1.807, 2.05) is 0 Å². The highest BCUT2D eigenvalue weighted by Crippen LogP contribution is 2.25. The third-order valence-corrected chi connectivity index (χ3v) is 2.36. The molecule has 1 atom stereocenters. The molecular weight excluding hydrogens is 168 g/mol. The van der Waals surface area contributed by atoms with Crippen LogP contribution in [-0.2, 0) is 12.8 Å². The Bertz CT molecular complexity index is 363. The topological polar surface area (TPSA) is 69.2 Å². The van der Waals surface area contributed by atoms with Gasteiger partial charge in [-0.25, -0.2) is 0 Å². The van der Waals surface area contributed by atoms with Crippen molar-refractivity contribution in [1.29, 1.82) is 0 Å². The molecule has 4 heteroatoms. The number of non-ortho nitro benzene ring substituents is 1. The number of fused-ring (bicyclic) bond motifs is 1. The minimum atomic E-state index is -0.371. The number of rotatable bonds is 1. The standard InChI is InChI=1S/C9H10N2O2/c10-8-3-6-1-2-9(11(12)13)5-7(6)4-8/h1-2,5,8H,3-4,10H2/t8-/m0/s1. The average Bonchev–Trinajstić information content (AvgIpc) is 2.42. The van der Waals surface area contributed by atoms with Crippen molar-refractivity contribution in [2.24, 2.45) is 5.73 Å². The van der Waals surface area contributed by atoms with Crippen LogP contribution in [-0.4, -0.2) is 11.0 Å². The zero-order valence-electron chi connectivity index (χ0n) is 7.06. The maximum Gasteiger partial charge on any atom is 0.269 e. The Morgan fingerprint density at radius 3 is 2.77 bits per heavy atom. The van der Waals surface area contributed by atoms with Gasteiger partial charge in [0, 0.05) is 18.2 Å². The summed E-state index contributed by atoms with van der Waals surface area (Å²) in [5, 5.41) is 10.5. The summed E-state index contributed by atoms with van der Waals surface area (Å²) >= 11 is 0. The average molecular weight is 178 g/mol. The molecule has 2 rings (SSSR count). The minimum absolute atomic E-state index is 0.136. The summed E-state index contributed by atoms with van der Waals surface area (Å²) in [6.07, 6.45) is 1.60. The normalized spacial score (nSPS) is 19.9. The first-order valence-corrected chi connectivity index (χ1v) is 4.18. The SMILES string of the molecule is N[C@H]1Cc2ccc([N+](=O)[O-])cc2C1. The molecular formula is C9H10N2O2. The van der Waals surface area contributed by atoms with E-state index < -0.39 is 0 Å². The van der Waals surface area contributed by atoms with Gasteiger partial charge in [-0.15, -0.1) is 0 Å². The molecule has 0 radical (unpaired) electrons. The van der Waals surface area contributed by atoms with E-state index in [-0.39, 0.29) is 16.7 Å². The summed E-state index contributed by atoms with van der Waals surface area (Å²) in [4.78, 5) is 10.1. The number of nitro benzene ring substituents is 1. The molecule has 68 valence electrons. The van der Waals surface area contributed by atoms with Gasteiger partial charge >= 0.3 is 0 Å². The molecule has 1 aliphatic rings. The third-order valence-electron chi connectivity index (χ3n) is 2.36. The molecule has 0 saturated carbocycles. The van der Waals surface area contributed by atoms with Crippen molar-refractivity contribution >= 4 is 5.69 Å². The summed E-state index contributed by atoms with van der Waals surface area (Å²) in [6, 6.07) is 5.11. The molecule has 1 aromatic rings. The van der Waals surface area contributed by atoms with E-state index in [9.17, 15) is 10.1 Å². The number of hydrogen-bond acceptors (Lipinski definition) is 3. The van der Waals surface area contributed by atoms with E-state index in [2.05, 4.69) is 0 Å². The maximum atomic E-state index is 10.5. The summed E-state index contributed by atoms with van der Waals surface area (Å²) in [6.45, 7) is 0. The number of nitrogens with two attached hydrogens (primary N) is 1. The first-order chi connectivity index (χ1) is 6.16. The molecule has 1 aromatic carbocycles. The highest BCUT2D eigenvalue weighted by Gasteiger charge is 2.20. The Balaban J connectivity index is 2.40. The third kappa shape index (κ3) is 1.40. The van der Waals surface area contributed by atoms with Crippen molar-refractivity contribution in [3.63, 3.8) is 0 Å². The van der Waals surface area contributed by atoms with E-state index >= 15 is 0 Å². The Hall–Kier alpha value is -1.42. The Kier molecular flexibility index (Phi) is 1.77. The van der Waals surface area contributed by atoms with Gasteiger partial charge in [-0.05, 0) is 24.0 Å². The van der Waals surface area contributed by atoms with Gasteiger partial charge in [0.2, 0.25) is 0 Å². The predicted octanol–water partition coefficient (Wildman–Crippen LogP) is 1.02. The quantitative estimate of drug-likeness (QED) is 0.515. The van der Waals surface area contributed by atoms with Gasteiger partial charge in [-0.2, -0.15) is 0 Å². The Morgan fingerprint density at radius 2 is 2.08 bits per heavy atom. The summed E-state index contributed by atoms with van der Waals surface area (Å²) < 4.78 is 0. The molecule has 1 aliphatic carbocycles. The highest BCUT2D eigenvalue weighted by atomic mass is 16.6. The molecule has 0 bridgehead atoms. The molecule has 0 unspecified atom stereocenters. The first-order valence-electron chi connectivity index (χ1n) is 4.18. The maximum absolute atomic E-state index is 10.5. The fourth-order valence-corrected chi connectivity index (χ4v) is 1.75. The van der Waals surface area contributed by atoms with Crippen LogP contribution >= 0.6 is 0 Å². The second-order valence-corrected chi connectivity index (χ2v) is 3.38. The molecule has 0 amide bonds. The van der Waals surface area contributed by atoms with Crippen molar-refractivity contribution in [2.45, 2.75) is 18.9 Å². The molecule has 0 heterocycles. The summed E-state index contributed by atoms with van der Waals surface area (Å²) in [7, 11) is 0. The van der Waals surface area contributed by atoms with Crippen LogP contribution in [0.15, 0.2) is 18.2 Å². The lowest BCUT2D eigenvalue weighted by Gasteiger charge is -1.96. The van der Waals surface area contributed by atoms with Crippen molar-refractivity contribution in [3.8, 4) is 0 Å². The van der Waals surface area contributed by atoms with Crippen LogP contribution in [0.3, 0.4) is 0 Å². The lowest BCUT2D eigenvalue weighted by Crippen LogP contribution is -2.18. The molecule has 13 heavy (non-hydrogen) atoms. The lowest BCUT2D eigenvalue weighted by molar-refractivity contribution is -0.384. The van der Waals surface area contributed by atoms with E-state index in [0.717, 1.165) is 24.0 Å². The Morgan fingerprint density at radius 1 is 1.38 bits per heavy atom. The van der Waals surface area contributed by atoms with Gasteiger partial charge in [0.15, 0.2) is 0 Å². The second kappa shape index (κ2) is 2.81. The van der Waals surface area contributed by atoms with Crippen molar-refractivity contribution in [3.05, 3.63) is 39.4 Å². The van der Waals surface area contributed by atoms with E-state index in [4.69, 9.17) is 5.73 Å². The monoisotopic (exact) mass is 178 g/mol. The van der Waals surface area contributed by atoms with Gasteiger partial charge in [0.25, 0.3) is 5.69 Å². The second-order valence-electron chi connectivity index (χ2n) is 3.38. The van der Waals surface area contributed by atoms with Crippen LogP contribution in [0.5, 0.6) is 0 Å². The summed E-state index contributed by atoms with van der Waals surface area (Å²) in [5.74, 6) is 0. The number of benzene rings is 1. The van der Waals surface area contributed by atoms with Crippen LogP contribution in [0.4, 0.5) is 5.69 Å². The van der Waals surface area contributed by atoms with Gasteiger partial charge in [0.05, 0.1) is 4.92 Å². The number of hydrogen-bond donors (Lipinski definition) is 1. The fraction of sp³-hybridized carbons (Fsp3) is 0.333. The van der Waals surface area contributed by atoms with Crippen LogP contribution in [0, 0.1) is 10.1 Å². The largest absolute Gasteiger partial charge is 0.327 e. The lowest BCUT2D eigenvalue weighted by atomic mass is 10.1. The van der Waals surface area contributed by atoms with Crippen LogP contribution in [0.25, 0.3) is 0 Å². The molecule has 0 spiro atoms. The minimum Gasteiger partial charge on any atom is -0.327 e. The van der Waals surface area contributed by atoms with Crippen LogP contribution in [0.1, 0.15) is 11.1 Å². The van der Waals surface area contributed by atoms with E-state index in [0.29, 0.717) is 0 Å². The zero-order chi connectivity index (χ0) is 9.42. The van der Waals surface area contributed by atoms with Crippen molar-refractivity contribution < 1.29 is 4.92 Å². The van der Waals surface area contributed by atoms with Gasteiger partial charge in [0.1, 0.15) is 0 Å². The van der Waals surface area contributed by atoms with Gasteiger partial charge in [-0.1, -0.05) is 6.07 Å².